The van der Waals surface area contributed by atoms with Gasteiger partial charge in [0, 0.05) is 32.7 Å². The molecule has 1 aliphatic heterocycles. The molecule has 0 aliphatic carbocycles. The van der Waals surface area contributed by atoms with Gasteiger partial charge in [0.1, 0.15) is 0 Å². The van der Waals surface area contributed by atoms with Crippen LogP contribution in [-0.2, 0) is 4.74 Å². The van der Waals surface area contributed by atoms with Gasteiger partial charge >= 0.3 is 0 Å². The number of morpholine rings is 1. The quantitative estimate of drug-likeness (QED) is 0.682. The Balaban J connectivity index is 1.73. The van der Waals surface area contributed by atoms with Crippen LogP contribution in [0.5, 0.6) is 0 Å². The molecule has 0 atom stereocenters. The first-order chi connectivity index (χ1) is 9.38. The smallest absolute Gasteiger partial charge is 0.244 e. The van der Waals surface area contributed by atoms with Gasteiger partial charge in [-0.1, -0.05) is 6.08 Å². The molecule has 1 fully saturated rings. The molecule has 0 radical (unpaired) electrons. The fraction of sp³-hybridized carbons (Fsp3) is 0.583. The molecule has 0 saturated carbocycles. The van der Waals surface area contributed by atoms with Crippen LogP contribution in [0.3, 0.4) is 0 Å². The first-order valence-corrected chi connectivity index (χ1v) is 6.47. The number of anilines is 2. The third kappa shape index (κ3) is 4.80. The average Bonchev–Trinajstić information content (AvgIpc) is 2.47. The van der Waals surface area contributed by atoms with Gasteiger partial charge in [-0.25, -0.2) is 0 Å². The number of nitrogens with zero attached hydrogens (tertiary/aromatic N) is 4. The number of ether oxygens (including phenoxy) is 1. The number of hydrogen-bond donors (Lipinski definition) is 2. The monoisotopic (exact) mass is 264 g/mol. The SMILES string of the molecule is C=CCNc1nncc(NCCN2CCOCC2)n1. The molecule has 0 bridgehead atoms. The van der Waals surface area contributed by atoms with Gasteiger partial charge in [0.2, 0.25) is 5.95 Å². The normalized spacial score (nSPS) is 16.0. The van der Waals surface area contributed by atoms with Crippen molar-refractivity contribution in [2.45, 2.75) is 0 Å². The highest BCUT2D eigenvalue weighted by Crippen LogP contribution is 2.03. The van der Waals surface area contributed by atoms with Crippen LogP contribution < -0.4 is 10.6 Å². The fourth-order valence-corrected chi connectivity index (χ4v) is 1.79. The topological polar surface area (TPSA) is 75.2 Å². The molecule has 7 heteroatoms. The van der Waals surface area contributed by atoms with E-state index < -0.39 is 0 Å². The van der Waals surface area contributed by atoms with E-state index in [1.807, 2.05) is 0 Å². The molecule has 19 heavy (non-hydrogen) atoms. The standard InChI is InChI=1S/C12H20N6O/c1-2-3-14-12-16-11(10-15-17-12)13-4-5-18-6-8-19-9-7-18/h2,10H,1,3-9H2,(H2,13,14,16,17). The molecule has 0 amide bonds. The maximum Gasteiger partial charge on any atom is 0.244 e. The molecule has 0 unspecified atom stereocenters. The number of rotatable bonds is 7. The van der Waals surface area contributed by atoms with Crippen molar-refractivity contribution in [1.29, 1.82) is 0 Å². The fourth-order valence-electron chi connectivity index (χ4n) is 1.79. The van der Waals surface area contributed by atoms with Crippen molar-refractivity contribution in [3.05, 3.63) is 18.9 Å². The Morgan fingerprint density at radius 1 is 1.37 bits per heavy atom. The lowest BCUT2D eigenvalue weighted by molar-refractivity contribution is 0.0398. The first-order valence-electron chi connectivity index (χ1n) is 6.47. The van der Waals surface area contributed by atoms with E-state index in [-0.39, 0.29) is 0 Å². The minimum absolute atomic E-state index is 0.510. The summed E-state index contributed by atoms with van der Waals surface area (Å²) in [6.45, 7) is 9.70. The predicted octanol–water partition coefficient (Wildman–Crippen LogP) is 0.214. The third-order valence-electron chi connectivity index (χ3n) is 2.80. The van der Waals surface area contributed by atoms with Crippen LogP contribution >= 0.6 is 0 Å². The Morgan fingerprint density at radius 2 is 2.21 bits per heavy atom. The minimum Gasteiger partial charge on any atom is -0.379 e. The zero-order chi connectivity index (χ0) is 13.3. The van der Waals surface area contributed by atoms with Crippen molar-refractivity contribution in [1.82, 2.24) is 20.1 Å². The summed E-state index contributed by atoms with van der Waals surface area (Å²) in [4.78, 5) is 6.67. The van der Waals surface area contributed by atoms with E-state index in [0.29, 0.717) is 12.5 Å². The van der Waals surface area contributed by atoms with Crippen molar-refractivity contribution in [2.24, 2.45) is 0 Å². The number of nitrogens with one attached hydrogen (secondary N) is 2. The van der Waals surface area contributed by atoms with Crippen LogP contribution in [0.25, 0.3) is 0 Å². The minimum atomic E-state index is 0.510. The van der Waals surface area contributed by atoms with E-state index in [2.05, 4.69) is 37.3 Å². The van der Waals surface area contributed by atoms with Crippen molar-refractivity contribution in [2.75, 3.05) is 56.6 Å². The largest absolute Gasteiger partial charge is 0.379 e. The Bertz CT molecular complexity index is 394. The Labute approximate surface area is 113 Å². The second-order valence-electron chi connectivity index (χ2n) is 4.22. The van der Waals surface area contributed by atoms with Crippen LogP contribution in [-0.4, -0.2) is 66.0 Å². The molecule has 104 valence electrons. The van der Waals surface area contributed by atoms with Crippen LogP contribution in [0.1, 0.15) is 0 Å². The average molecular weight is 264 g/mol. The van der Waals surface area contributed by atoms with Gasteiger partial charge in [-0.15, -0.1) is 11.7 Å². The Hall–Kier alpha value is -1.73. The highest BCUT2D eigenvalue weighted by atomic mass is 16.5. The summed E-state index contributed by atoms with van der Waals surface area (Å²) in [7, 11) is 0. The molecule has 0 spiro atoms. The molecular weight excluding hydrogens is 244 g/mol. The summed E-state index contributed by atoms with van der Waals surface area (Å²) in [6.07, 6.45) is 3.38. The van der Waals surface area contributed by atoms with Gasteiger partial charge in [-0.2, -0.15) is 10.1 Å². The van der Waals surface area contributed by atoms with Crippen LogP contribution in [0.2, 0.25) is 0 Å². The van der Waals surface area contributed by atoms with E-state index >= 15 is 0 Å². The summed E-state index contributed by atoms with van der Waals surface area (Å²) < 4.78 is 5.31. The third-order valence-corrected chi connectivity index (χ3v) is 2.80. The van der Waals surface area contributed by atoms with Crippen LogP contribution in [0, 0.1) is 0 Å². The zero-order valence-electron chi connectivity index (χ0n) is 11.0. The second-order valence-corrected chi connectivity index (χ2v) is 4.22. The Kier molecular flexibility index (Phi) is 5.51. The maximum absolute atomic E-state index is 5.31. The lowest BCUT2D eigenvalue weighted by Gasteiger charge is -2.26. The highest BCUT2D eigenvalue weighted by Gasteiger charge is 2.09. The van der Waals surface area contributed by atoms with Gasteiger partial charge < -0.3 is 15.4 Å². The molecule has 2 heterocycles. The van der Waals surface area contributed by atoms with Gasteiger partial charge in [0.25, 0.3) is 0 Å². The van der Waals surface area contributed by atoms with Crippen LogP contribution in [0.15, 0.2) is 18.9 Å². The summed E-state index contributed by atoms with van der Waals surface area (Å²) in [5.41, 5.74) is 0. The predicted molar refractivity (Wildman–Crippen MR) is 74.3 cm³/mol. The lowest BCUT2D eigenvalue weighted by atomic mass is 10.4. The van der Waals surface area contributed by atoms with Gasteiger partial charge in [-0.05, 0) is 0 Å². The summed E-state index contributed by atoms with van der Waals surface area (Å²) >= 11 is 0. The lowest BCUT2D eigenvalue weighted by Crippen LogP contribution is -2.39. The Morgan fingerprint density at radius 3 is 3.00 bits per heavy atom. The number of hydrogen-bond acceptors (Lipinski definition) is 7. The van der Waals surface area contributed by atoms with Gasteiger partial charge in [0.15, 0.2) is 5.82 Å². The highest BCUT2D eigenvalue weighted by molar-refractivity contribution is 5.37. The summed E-state index contributed by atoms with van der Waals surface area (Å²) in [5.74, 6) is 1.24. The molecule has 7 nitrogen and oxygen atoms in total. The van der Waals surface area contributed by atoms with Crippen molar-refractivity contribution >= 4 is 11.8 Å². The van der Waals surface area contributed by atoms with Gasteiger partial charge in [0.05, 0.1) is 19.4 Å². The molecule has 0 aromatic carbocycles. The maximum atomic E-state index is 5.31. The molecule has 1 aliphatic rings. The molecule has 2 rings (SSSR count). The zero-order valence-corrected chi connectivity index (χ0v) is 11.0. The van der Waals surface area contributed by atoms with Crippen molar-refractivity contribution in [3.63, 3.8) is 0 Å². The molecule has 2 N–H and O–H groups in total. The van der Waals surface area contributed by atoms with E-state index in [0.717, 1.165) is 45.2 Å². The summed E-state index contributed by atoms with van der Waals surface area (Å²) in [6, 6.07) is 0. The van der Waals surface area contributed by atoms with E-state index in [1.54, 1.807) is 12.3 Å². The summed E-state index contributed by atoms with van der Waals surface area (Å²) in [5, 5.41) is 14.0. The second kappa shape index (κ2) is 7.65. The van der Waals surface area contributed by atoms with Crippen LogP contribution in [0.4, 0.5) is 11.8 Å². The molecular formula is C12H20N6O. The molecule has 1 aromatic heterocycles. The molecule has 1 aromatic rings. The molecule has 1 saturated heterocycles. The number of aromatic nitrogens is 3. The first kappa shape index (κ1) is 13.7. The van der Waals surface area contributed by atoms with Gasteiger partial charge in [-0.3, -0.25) is 4.90 Å². The van der Waals surface area contributed by atoms with Crippen molar-refractivity contribution in [3.8, 4) is 0 Å². The van der Waals surface area contributed by atoms with Crippen molar-refractivity contribution < 1.29 is 4.74 Å². The van der Waals surface area contributed by atoms with E-state index in [9.17, 15) is 0 Å². The van der Waals surface area contributed by atoms with E-state index in [4.69, 9.17) is 4.74 Å². The van der Waals surface area contributed by atoms with E-state index in [1.165, 1.54) is 0 Å².